The van der Waals surface area contributed by atoms with Crippen LogP contribution >= 0.6 is 0 Å². The first-order chi connectivity index (χ1) is 10.1. The quantitative estimate of drug-likeness (QED) is 0.830. The van der Waals surface area contributed by atoms with Crippen LogP contribution in [0.5, 0.6) is 0 Å². The number of aromatic nitrogens is 1. The van der Waals surface area contributed by atoms with Crippen LogP contribution < -0.4 is 10.9 Å². The molecule has 124 valence electrons. The first-order valence-electron chi connectivity index (χ1n) is 6.63. The molecule has 1 aromatic rings. The molecule has 0 bridgehead atoms. The van der Waals surface area contributed by atoms with Crippen LogP contribution in [-0.2, 0) is 13.2 Å². The summed E-state index contributed by atoms with van der Waals surface area (Å²) in [7, 11) is 0. The predicted molar refractivity (Wildman–Crippen MR) is 67.9 cm³/mol. The smallest absolute Gasteiger partial charge is 0.391 e. The Morgan fingerprint density at radius 1 is 1.41 bits per heavy atom. The zero-order valence-electron chi connectivity index (χ0n) is 11.5. The summed E-state index contributed by atoms with van der Waals surface area (Å²) in [6.07, 6.45) is -4.30. The van der Waals surface area contributed by atoms with E-state index in [0.717, 1.165) is 12.3 Å². The van der Waals surface area contributed by atoms with E-state index in [2.05, 4.69) is 5.32 Å². The molecule has 0 aromatic carbocycles. The van der Waals surface area contributed by atoms with Gasteiger partial charge in [-0.3, -0.25) is 4.79 Å². The fourth-order valence-electron chi connectivity index (χ4n) is 2.52. The van der Waals surface area contributed by atoms with E-state index in [9.17, 15) is 26.7 Å². The maximum Gasteiger partial charge on any atom is 0.406 e. The predicted octanol–water partition coefficient (Wildman–Crippen LogP) is 1.62. The molecule has 1 aliphatic heterocycles. The van der Waals surface area contributed by atoms with Crippen LogP contribution in [0.25, 0.3) is 0 Å². The molecular weight excluding hydrogens is 311 g/mol. The van der Waals surface area contributed by atoms with E-state index in [0.29, 0.717) is 4.57 Å². The molecule has 1 aromatic heterocycles. The van der Waals surface area contributed by atoms with Gasteiger partial charge in [0.25, 0.3) is 11.5 Å². The van der Waals surface area contributed by atoms with Crippen molar-refractivity contribution in [3.63, 3.8) is 0 Å². The van der Waals surface area contributed by atoms with Gasteiger partial charge in [-0.1, -0.05) is 0 Å². The number of rotatable bonds is 3. The van der Waals surface area contributed by atoms with Crippen molar-refractivity contribution in [1.82, 2.24) is 9.88 Å². The summed E-state index contributed by atoms with van der Waals surface area (Å²) in [5, 5.41) is 11.9. The third kappa shape index (κ3) is 3.64. The van der Waals surface area contributed by atoms with Gasteiger partial charge in [-0.15, -0.1) is 0 Å². The van der Waals surface area contributed by atoms with E-state index in [1.165, 1.54) is 0 Å². The SMILES string of the molecule is O=c1c(CO)cc(C2CNCCC2(F)F)cn1CC(F)(F)F. The van der Waals surface area contributed by atoms with Crippen LogP contribution in [0.2, 0.25) is 0 Å². The van der Waals surface area contributed by atoms with Crippen molar-refractivity contribution in [3.8, 4) is 0 Å². The third-order valence-corrected chi connectivity index (χ3v) is 3.60. The fraction of sp³-hybridized carbons (Fsp3) is 0.615. The van der Waals surface area contributed by atoms with Crippen LogP contribution in [0.15, 0.2) is 17.1 Å². The molecule has 0 aliphatic carbocycles. The van der Waals surface area contributed by atoms with Gasteiger partial charge in [-0.25, -0.2) is 8.78 Å². The first kappa shape index (κ1) is 16.9. The Morgan fingerprint density at radius 2 is 2.09 bits per heavy atom. The topological polar surface area (TPSA) is 54.3 Å². The second kappa shape index (κ2) is 5.96. The normalized spacial score (nSPS) is 21.8. The van der Waals surface area contributed by atoms with E-state index in [4.69, 9.17) is 5.11 Å². The number of aliphatic hydroxyl groups is 1. The molecule has 0 radical (unpaired) electrons. The van der Waals surface area contributed by atoms with Crippen LogP contribution in [0.4, 0.5) is 22.0 Å². The molecule has 4 nitrogen and oxygen atoms in total. The van der Waals surface area contributed by atoms with Crippen molar-refractivity contribution in [2.24, 2.45) is 0 Å². The van der Waals surface area contributed by atoms with Crippen molar-refractivity contribution in [2.45, 2.75) is 37.6 Å². The molecule has 1 saturated heterocycles. The number of pyridine rings is 1. The molecule has 22 heavy (non-hydrogen) atoms. The highest BCUT2D eigenvalue weighted by Gasteiger charge is 2.43. The Hall–Kier alpha value is -1.48. The van der Waals surface area contributed by atoms with Crippen LogP contribution in [-0.4, -0.2) is 34.9 Å². The van der Waals surface area contributed by atoms with Gasteiger partial charge in [0.2, 0.25) is 0 Å². The molecule has 9 heteroatoms. The summed E-state index contributed by atoms with van der Waals surface area (Å²) in [6.45, 7) is -2.39. The van der Waals surface area contributed by atoms with Crippen LogP contribution in [0.3, 0.4) is 0 Å². The maximum atomic E-state index is 13.9. The average molecular weight is 326 g/mol. The Balaban J connectivity index is 2.48. The van der Waals surface area contributed by atoms with E-state index >= 15 is 0 Å². The van der Waals surface area contributed by atoms with Crippen LogP contribution in [0.1, 0.15) is 23.5 Å². The summed E-state index contributed by atoms with van der Waals surface area (Å²) in [6, 6.07) is 1.06. The average Bonchev–Trinajstić information content (AvgIpc) is 2.39. The lowest BCUT2D eigenvalue weighted by atomic mass is 9.88. The second-order valence-corrected chi connectivity index (χ2v) is 5.27. The summed E-state index contributed by atoms with van der Waals surface area (Å²) < 4.78 is 65.7. The third-order valence-electron chi connectivity index (χ3n) is 3.60. The van der Waals surface area contributed by atoms with Gasteiger partial charge in [-0.05, 0) is 11.6 Å². The van der Waals surface area contributed by atoms with Crippen molar-refractivity contribution in [1.29, 1.82) is 0 Å². The Labute approximate surface area is 122 Å². The highest BCUT2D eigenvalue weighted by atomic mass is 19.4. The lowest BCUT2D eigenvalue weighted by Gasteiger charge is -2.32. The van der Waals surface area contributed by atoms with Crippen molar-refractivity contribution >= 4 is 0 Å². The molecular formula is C13H15F5N2O2. The second-order valence-electron chi connectivity index (χ2n) is 5.27. The maximum absolute atomic E-state index is 13.9. The monoisotopic (exact) mass is 326 g/mol. The van der Waals surface area contributed by atoms with Gasteiger partial charge >= 0.3 is 6.18 Å². The zero-order valence-corrected chi connectivity index (χ0v) is 11.5. The first-order valence-corrected chi connectivity index (χ1v) is 6.63. The molecule has 0 saturated carbocycles. The molecule has 2 heterocycles. The van der Waals surface area contributed by atoms with Gasteiger partial charge in [0, 0.05) is 31.3 Å². The largest absolute Gasteiger partial charge is 0.406 e. The molecule has 0 spiro atoms. The molecule has 1 unspecified atom stereocenters. The van der Waals surface area contributed by atoms with E-state index in [1.54, 1.807) is 0 Å². The summed E-state index contributed by atoms with van der Waals surface area (Å²) in [4.78, 5) is 11.8. The van der Waals surface area contributed by atoms with Crippen molar-refractivity contribution < 1.29 is 27.1 Å². The molecule has 2 rings (SSSR count). The lowest BCUT2D eigenvalue weighted by Crippen LogP contribution is -2.43. The van der Waals surface area contributed by atoms with Crippen molar-refractivity contribution in [3.05, 3.63) is 33.7 Å². The van der Waals surface area contributed by atoms with Gasteiger partial charge < -0.3 is 15.0 Å². The number of alkyl halides is 5. The Kier molecular flexibility index (Phi) is 4.57. The Morgan fingerprint density at radius 3 is 2.64 bits per heavy atom. The summed E-state index contributed by atoms with van der Waals surface area (Å²) >= 11 is 0. The molecule has 2 N–H and O–H groups in total. The molecule has 0 amide bonds. The highest BCUT2D eigenvalue weighted by molar-refractivity contribution is 5.25. The Bertz CT molecular complexity index is 597. The summed E-state index contributed by atoms with van der Waals surface area (Å²) in [5.41, 5.74) is -1.45. The van der Waals surface area contributed by atoms with Gasteiger partial charge in [0.1, 0.15) is 6.54 Å². The zero-order chi connectivity index (χ0) is 16.5. The van der Waals surface area contributed by atoms with E-state index in [-0.39, 0.29) is 24.2 Å². The minimum atomic E-state index is -4.66. The van der Waals surface area contributed by atoms with Gasteiger partial charge in [-0.2, -0.15) is 13.2 Å². The standard InChI is InChI=1S/C13H15F5N2O2/c14-12(15)1-2-19-4-10(12)8-3-9(6-21)11(22)20(5-8)7-13(16,17)18/h3,5,10,19,21H,1-2,4,6-7H2. The number of hydrogen-bond donors (Lipinski definition) is 2. The number of nitrogens with zero attached hydrogens (tertiary/aromatic N) is 1. The molecule has 1 aliphatic rings. The minimum Gasteiger partial charge on any atom is -0.391 e. The number of halogens is 5. The number of hydrogen-bond acceptors (Lipinski definition) is 3. The number of piperidine rings is 1. The number of nitrogens with one attached hydrogen (secondary N) is 1. The fourth-order valence-corrected chi connectivity index (χ4v) is 2.52. The van der Waals surface area contributed by atoms with Gasteiger partial charge in [0.15, 0.2) is 0 Å². The highest BCUT2D eigenvalue weighted by Crippen LogP contribution is 2.37. The molecule has 1 fully saturated rings. The van der Waals surface area contributed by atoms with Crippen molar-refractivity contribution in [2.75, 3.05) is 13.1 Å². The van der Waals surface area contributed by atoms with Gasteiger partial charge in [0.05, 0.1) is 12.5 Å². The van der Waals surface area contributed by atoms with E-state index < -0.39 is 43.1 Å². The summed E-state index contributed by atoms with van der Waals surface area (Å²) in [5.74, 6) is -4.43. The molecule has 1 atom stereocenters. The lowest BCUT2D eigenvalue weighted by molar-refractivity contribution is -0.141. The minimum absolute atomic E-state index is 0.0925. The number of aliphatic hydroxyl groups excluding tert-OH is 1. The van der Waals surface area contributed by atoms with Crippen LogP contribution in [0, 0.1) is 0 Å². The van der Waals surface area contributed by atoms with E-state index in [1.807, 2.05) is 0 Å².